The SMILES string of the molecule is CC(C)CN(C(=O)CN(C)Cc1cc([N+](=O)[O-])ccc1Cl)C1CC1. The third-order valence-electron chi connectivity index (χ3n) is 3.96. The van der Waals surface area contributed by atoms with Crippen LogP contribution in [0.3, 0.4) is 0 Å². The molecule has 1 aromatic carbocycles. The van der Waals surface area contributed by atoms with Crippen molar-refractivity contribution in [3.05, 3.63) is 38.9 Å². The van der Waals surface area contributed by atoms with Crippen LogP contribution in [0.25, 0.3) is 0 Å². The molecule has 24 heavy (non-hydrogen) atoms. The number of hydrogen-bond acceptors (Lipinski definition) is 4. The minimum atomic E-state index is -0.442. The zero-order valence-electron chi connectivity index (χ0n) is 14.4. The third kappa shape index (κ3) is 5.18. The molecule has 0 N–H and O–H groups in total. The lowest BCUT2D eigenvalue weighted by molar-refractivity contribution is -0.384. The Morgan fingerprint density at radius 1 is 1.42 bits per heavy atom. The molecular weight excluding hydrogens is 330 g/mol. The van der Waals surface area contributed by atoms with Crippen LogP contribution < -0.4 is 0 Å². The van der Waals surface area contributed by atoms with Crippen LogP contribution in [-0.2, 0) is 11.3 Å². The molecule has 0 saturated heterocycles. The zero-order valence-corrected chi connectivity index (χ0v) is 15.1. The fourth-order valence-electron chi connectivity index (χ4n) is 2.70. The normalized spacial score (nSPS) is 14.2. The summed E-state index contributed by atoms with van der Waals surface area (Å²) in [6.07, 6.45) is 2.16. The van der Waals surface area contributed by atoms with E-state index in [0.29, 0.717) is 29.1 Å². The van der Waals surface area contributed by atoms with E-state index in [9.17, 15) is 14.9 Å². The first-order valence-electron chi connectivity index (χ1n) is 8.18. The molecule has 1 aliphatic rings. The summed E-state index contributed by atoms with van der Waals surface area (Å²) in [5, 5.41) is 11.4. The lowest BCUT2D eigenvalue weighted by Gasteiger charge is -2.27. The maximum absolute atomic E-state index is 12.6. The van der Waals surface area contributed by atoms with Crippen LogP contribution in [0.4, 0.5) is 5.69 Å². The van der Waals surface area contributed by atoms with E-state index in [4.69, 9.17) is 11.6 Å². The number of rotatable bonds is 8. The average molecular weight is 354 g/mol. The average Bonchev–Trinajstić information content (AvgIpc) is 3.31. The fraction of sp³-hybridized carbons (Fsp3) is 0.588. The zero-order chi connectivity index (χ0) is 17.9. The maximum atomic E-state index is 12.6. The van der Waals surface area contributed by atoms with Gasteiger partial charge in [-0.1, -0.05) is 25.4 Å². The topological polar surface area (TPSA) is 66.7 Å². The Balaban J connectivity index is 1.99. The van der Waals surface area contributed by atoms with Crippen molar-refractivity contribution >= 4 is 23.2 Å². The quantitative estimate of drug-likeness (QED) is 0.531. The Morgan fingerprint density at radius 2 is 2.08 bits per heavy atom. The largest absolute Gasteiger partial charge is 0.338 e. The smallest absolute Gasteiger partial charge is 0.269 e. The number of nitro groups is 1. The Bertz CT molecular complexity index is 617. The standard InChI is InChI=1S/C17H24ClN3O3/c1-12(2)9-20(14-4-5-14)17(22)11-19(3)10-13-8-15(21(23)24)6-7-16(13)18/h6-8,12,14H,4-5,9-11H2,1-3H3. The molecule has 6 nitrogen and oxygen atoms in total. The Morgan fingerprint density at radius 3 is 2.62 bits per heavy atom. The summed E-state index contributed by atoms with van der Waals surface area (Å²) in [6, 6.07) is 4.76. The molecule has 0 radical (unpaired) electrons. The van der Waals surface area contributed by atoms with Crippen LogP contribution in [0, 0.1) is 16.0 Å². The van der Waals surface area contributed by atoms with Gasteiger partial charge >= 0.3 is 0 Å². The van der Waals surface area contributed by atoms with Crippen molar-refractivity contribution in [1.82, 2.24) is 9.80 Å². The third-order valence-corrected chi connectivity index (χ3v) is 4.32. The van der Waals surface area contributed by atoms with Crippen LogP contribution in [-0.4, -0.2) is 46.8 Å². The number of benzene rings is 1. The summed E-state index contributed by atoms with van der Waals surface area (Å²) in [5.74, 6) is 0.543. The van der Waals surface area contributed by atoms with E-state index < -0.39 is 4.92 Å². The van der Waals surface area contributed by atoms with Gasteiger partial charge in [-0.3, -0.25) is 19.8 Å². The van der Waals surface area contributed by atoms with Crippen molar-refractivity contribution in [2.24, 2.45) is 5.92 Å². The number of hydrogen-bond donors (Lipinski definition) is 0. The molecule has 1 aromatic rings. The molecular formula is C17H24ClN3O3. The van der Waals surface area contributed by atoms with Crippen LogP contribution in [0.5, 0.6) is 0 Å². The van der Waals surface area contributed by atoms with Crippen LogP contribution in [0.15, 0.2) is 18.2 Å². The van der Waals surface area contributed by atoms with E-state index in [-0.39, 0.29) is 18.1 Å². The highest BCUT2D eigenvalue weighted by Crippen LogP contribution is 2.28. The first kappa shape index (κ1) is 18.7. The highest BCUT2D eigenvalue weighted by Gasteiger charge is 2.33. The lowest BCUT2D eigenvalue weighted by Crippen LogP contribution is -2.42. The Hall–Kier alpha value is -1.66. The number of likely N-dealkylation sites (N-methyl/N-ethyl adjacent to an activating group) is 1. The summed E-state index contributed by atoms with van der Waals surface area (Å²) in [4.78, 5) is 26.8. The summed E-state index contributed by atoms with van der Waals surface area (Å²) in [6.45, 7) is 5.66. The molecule has 0 unspecified atom stereocenters. The molecule has 1 aliphatic carbocycles. The van der Waals surface area contributed by atoms with Crippen molar-refractivity contribution < 1.29 is 9.72 Å². The van der Waals surface area contributed by atoms with E-state index in [1.54, 1.807) is 0 Å². The molecule has 0 heterocycles. The number of nitrogens with zero attached hydrogens (tertiary/aromatic N) is 3. The fourth-order valence-corrected chi connectivity index (χ4v) is 2.88. The van der Waals surface area contributed by atoms with Gasteiger partial charge in [0.25, 0.3) is 5.69 Å². The summed E-state index contributed by atoms with van der Waals surface area (Å²) in [7, 11) is 1.83. The predicted molar refractivity (Wildman–Crippen MR) is 94.0 cm³/mol. The van der Waals surface area contributed by atoms with Crippen LogP contribution >= 0.6 is 11.6 Å². The number of non-ortho nitro benzene ring substituents is 1. The van der Waals surface area contributed by atoms with Gasteiger partial charge in [-0.25, -0.2) is 0 Å². The van der Waals surface area contributed by atoms with Gasteiger partial charge in [0.05, 0.1) is 11.5 Å². The number of carbonyl (C=O) groups is 1. The van der Waals surface area contributed by atoms with E-state index in [0.717, 1.165) is 19.4 Å². The number of halogens is 1. The van der Waals surface area contributed by atoms with Gasteiger partial charge in [-0.2, -0.15) is 0 Å². The highest BCUT2D eigenvalue weighted by molar-refractivity contribution is 6.31. The Labute approximate surface area is 147 Å². The van der Waals surface area contributed by atoms with Crippen molar-refractivity contribution in [3.8, 4) is 0 Å². The Kier molecular flexibility index (Phi) is 6.18. The molecule has 0 aromatic heterocycles. The first-order valence-corrected chi connectivity index (χ1v) is 8.56. The lowest BCUT2D eigenvalue weighted by atomic mass is 10.2. The molecule has 1 amide bonds. The number of amides is 1. The molecule has 0 spiro atoms. The summed E-state index contributed by atoms with van der Waals surface area (Å²) < 4.78 is 0. The molecule has 0 atom stereocenters. The van der Waals surface area contributed by atoms with Gasteiger partial charge in [-0.05, 0) is 37.4 Å². The van der Waals surface area contributed by atoms with E-state index in [2.05, 4.69) is 13.8 Å². The van der Waals surface area contributed by atoms with Gasteiger partial charge in [0.1, 0.15) is 0 Å². The number of carbonyl (C=O) groups excluding carboxylic acids is 1. The monoisotopic (exact) mass is 353 g/mol. The minimum absolute atomic E-state index is 0.00791. The molecule has 0 aliphatic heterocycles. The van der Waals surface area contributed by atoms with Crippen molar-refractivity contribution in [2.45, 2.75) is 39.3 Å². The minimum Gasteiger partial charge on any atom is -0.338 e. The van der Waals surface area contributed by atoms with Gasteiger partial charge in [0.2, 0.25) is 5.91 Å². The van der Waals surface area contributed by atoms with Crippen LogP contribution in [0.2, 0.25) is 5.02 Å². The van der Waals surface area contributed by atoms with E-state index >= 15 is 0 Å². The predicted octanol–water partition coefficient (Wildman–Crippen LogP) is 3.33. The first-order chi connectivity index (χ1) is 11.3. The van der Waals surface area contributed by atoms with Gasteiger partial charge in [0, 0.05) is 36.3 Å². The van der Waals surface area contributed by atoms with Crippen LogP contribution in [0.1, 0.15) is 32.3 Å². The number of nitro benzene ring substituents is 1. The maximum Gasteiger partial charge on any atom is 0.269 e. The molecule has 2 rings (SSSR count). The second-order valence-electron chi connectivity index (χ2n) is 6.88. The second kappa shape index (κ2) is 7.94. The molecule has 132 valence electrons. The van der Waals surface area contributed by atoms with Crippen molar-refractivity contribution in [1.29, 1.82) is 0 Å². The van der Waals surface area contributed by atoms with Crippen molar-refractivity contribution in [3.63, 3.8) is 0 Å². The molecule has 7 heteroatoms. The summed E-state index contributed by atoms with van der Waals surface area (Å²) >= 11 is 6.13. The summed E-state index contributed by atoms with van der Waals surface area (Å²) in [5.41, 5.74) is 0.663. The molecule has 1 saturated carbocycles. The molecule has 1 fully saturated rings. The van der Waals surface area contributed by atoms with E-state index in [1.165, 1.54) is 18.2 Å². The van der Waals surface area contributed by atoms with Gasteiger partial charge < -0.3 is 4.90 Å². The highest BCUT2D eigenvalue weighted by atomic mass is 35.5. The van der Waals surface area contributed by atoms with Gasteiger partial charge in [0.15, 0.2) is 0 Å². The van der Waals surface area contributed by atoms with Gasteiger partial charge in [-0.15, -0.1) is 0 Å². The molecule has 0 bridgehead atoms. The second-order valence-corrected chi connectivity index (χ2v) is 7.28. The van der Waals surface area contributed by atoms with E-state index in [1.807, 2.05) is 16.8 Å². The van der Waals surface area contributed by atoms with Crippen molar-refractivity contribution in [2.75, 3.05) is 20.1 Å².